The van der Waals surface area contributed by atoms with E-state index in [1.54, 1.807) is 18.0 Å². The van der Waals surface area contributed by atoms with Crippen molar-refractivity contribution in [2.75, 3.05) is 6.54 Å². The Bertz CT molecular complexity index is 321. The SMILES string of the molecule is Cc1coc(SC(C)CNC2CCCC2)n1. The lowest BCUT2D eigenvalue weighted by molar-refractivity contribution is 0.451. The van der Waals surface area contributed by atoms with Gasteiger partial charge in [0.2, 0.25) is 0 Å². The van der Waals surface area contributed by atoms with Crippen molar-refractivity contribution in [3.8, 4) is 0 Å². The smallest absolute Gasteiger partial charge is 0.256 e. The lowest BCUT2D eigenvalue weighted by Gasteiger charge is -2.15. The molecule has 1 unspecified atom stereocenters. The largest absolute Gasteiger partial charge is 0.440 e. The van der Waals surface area contributed by atoms with E-state index in [0.717, 1.165) is 23.5 Å². The molecule has 0 radical (unpaired) electrons. The first kappa shape index (κ1) is 12.0. The molecule has 1 aromatic heterocycles. The van der Waals surface area contributed by atoms with E-state index in [-0.39, 0.29) is 0 Å². The monoisotopic (exact) mass is 240 g/mol. The number of nitrogens with one attached hydrogen (secondary N) is 1. The quantitative estimate of drug-likeness (QED) is 0.803. The Labute approximate surface area is 101 Å². The van der Waals surface area contributed by atoms with Gasteiger partial charge in [-0.2, -0.15) is 0 Å². The van der Waals surface area contributed by atoms with Crippen molar-refractivity contribution < 1.29 is 4.42 Å². The van der Waals surface area contributed by atoms with Crippen LogP contribution in [0.1, 0.15) is 38.3 Å². The minimum atomic E-state index is 0.513. The standard InChI is InChI=1S/C12H20N2OS/c1-9-8-15-12(14-9)16-10(2)7-13-11-5-3-4-6-11/h8,10-11,13H,3-7H2,1-2H3. The molecule has 16 heavy (non-hydrogen) atoms. The second-order valence-corrected chi connectivity index (χ2v) is 5.96. The maximum atomic E-state index is 5.33. The second kappa shape index (κ2) is 5.73. The summed E-state index contributed by atoms with van der Waals surface area (Å²) in [6.07, 6.45) is 7.17. The van der Waals surface area contributed by atoms with E-state index in [1.165, 1.54) is 25.7 Å². The van der Waals surface area contributed by atoms with Gasteiger partial charge in [-0.25, -0.2) is 4.98 Å². The average Bonchev–Trinajstić information content (AvgIpc) is 2.87. The first-order valence-corrected chi connectivity index (χ1v) is 6.94. The van der Waals surface area contributed by atoms with Gasteiger partial charge < -0.3 is 9.73 Å². The molecule has 1 saturated carbocycles. The zero-order valence-electron chi connectivity index (χ0n) is 10.0. The van der Waals surface area contributed by atoms with Gasteiger partial charge in [0, 0.05) is 17.8 Å². The lowest BCUT2D eigenvalue weighted by Crippen LogP contribution is -2.31. The number of aromatic nitrogens is 1. The van der Waals surface area contributed by atoms with Gasteiger partial charge in [0.25, 0.3) is 5.22 Å². The summed E-state index contributed by atoms with van der Waals surface area (Å²) in [5.74, 6) is 0. The van der Waals surface area contributed by atoms with E-state index in [4.69, 9.17) is 4.42 Å². The van der Waals surface area contributed by atoms with Gasteiger partial charge in [0.05, 0.1) is 5.69 Å². The normalized spacial score (nSPS) is 19.1. The molecular formula is C12H20N2OS. The molecule has 0 bridgehead atoms. The molecule has 0 aliphatic heterocycles. The Morgan fingerprint density at radius 3 is 2.94 bits per heavy atom. The van der Waals surface area contributed by atoms with E-state index in [9.17, 15) is 0 Å². The van der Waals surface area contributed by atoms with Crippen LogP contribution in [0.2, 0.25) is 0 Å². The minimum absolute atomic E-state index is 0.513. The van der Waals surface area contributed by atoms with Gasteiger partial charge in [-0.1, -0.05) is 31.5 Å². The van der Waals surface area contributed by atoms with Crippen LogP contribution in [0.3, 0.4) is 0 Å². The summed E-state index contributed by atoms with van der Waals surface area (Å²) in [5, 5.41) is 4.92. The molecule has 1 fully saturated rings. The van der Waals surface area contributed by atoms with Crippen LogP contribution in [0.15, 0.2) is 15.9 Å². The summed E-state index contributed by atoms with van der Waals surface area (Å²) in [6, 6.07) is 0.745. The summed E-state index contributed by atoms with van der Waals surface area (Å²) >= 11 is 1.71. The summed E-state index contributed by atoms with van der Waals surface area (Å²) in [6.45, 7) is 5.21. The molecule has 1 heterocycles. The van der Waals surface area contributed by atoms with Crippen molar-refractivity contribution in [3.63, 3.8) is 0 Å². The van der Waals surface area contributed by atoms with Crippen molar-refractivity contribution in [1.82, 2.24) is 10.3 Å². The molecule has 0 spiro atoms. The van der Waals surface area contributed by atoms with E-state index < -0.39 is 0 Å². The maximum absolute atomic E-state index is 5.33. The second-order valence-electron chi connectivity index (χ2n) is 4.57. The third-order valence-electron chi connectivity index (χ3n) is 2.95. The first-order valence-electron chi connectivity index (χ1n) is 6.06. The van der Waals surface area contributed by atoms with Crippen molar-refractivity contribution in [3.05, 3.63) is 12.0 Å². The highest BCUT2D eigenvalue weighted by molar-refractivity contribution is 7.99. The summed E-state index contributed by atoms with van der Waals surface area (Å²) in [4.78, 5) is 4.30. The fourth-order valence-corrected chi connectivity index (χ4v) is 2.89. The van der Waals surface area contributed by atoms with Crippen LogP contribution in [-0.4, -0.2) is 22.8 Å². The predicted octanol–water partition coefficient (Wildman–Crippen LogP) is 3.00. The molecular weight excluding hydrogens is 220 g/mol. The zero-order valence-corrected chi connectivity index (χ0v) is 10.8. The number of hydrogen-bond donors (Lipinski definition) is 1. The number of oxazole rings is 1. The summed E-state index contributed by atoms with van der Waals surface area (Å²) in [7, 11) is 0. The fourth-order valence-electron chi connectivity index (χ4n) is 2.06. The van der Waals surface area contributed by atoms with Crippen LogP contribution >= 0.6 is 11.8 Å². The lowest BCUT2D eigenvalue weighted by atomic mass is 10.2. The number of nitrogens with zero attached hydrogens (tertiary/aromatic N) is 1. The van der Waals surface area contributed by atoms with Crippen molar-refractivity contribution >= 4 is 11.8 Å². The predicted molar refractivity (Wildman–Crippen MR) is 66.8 cm³/mol. The van der Waals surface area contributed by atoms with Crippen LogP contribution in [0.4, 0.5) is 0 Å². The third kappa shape index (κ3) is 3.52. The molecule has 90 valence electrons. The number of thioether (sulfide) groups is 1. The molecule has 1 aromatic rings. The molecule has 0 aromatic carbocycles. The van der Waals surface area contributed by atoms with E-state index in [0.29, 0.717) is 5.25 Å². The molecule has 0 saturated heterocycles. The Balaban J connectivity index is 1.69. The minimum Gasteiger partial charge on any atom is -0.440 e. The highest BCUT2D eigenvalue weighted by atomic mass is 32.2. The first-order chi connectivity index (χ1) is 7.74. The topological polar surface area (TPSA) is 38.1 Å². The van der Waals surface area contributed by atoms with Gasteiger partial charge in [-0.15, -0.1) is 0 Å². The Kier molecular flexibility index (Phi) is 4.29. The Hall–Kier alpha value is -0.480. The Morgan fingerprint density at radius 1 is 1.56 bits per heavy atom. The van der Waals surface area contributed by atoms with Crippen molar-refractivity contribution in [1.29, 1.82) is 0 Å². The van der Waals surface area contributed by atoms with E-state index in [2.05, 4.69) is 17.2 Å². The van der Waals surface area contributed by atoms with Crippen LogP contribution < -0.4 is 5.32 Å². The molecule has 4 heteroatoms. The highest BCUT2D eigenvalue weighted by Crippen LogP contribution is 2.23. The van der Waals surface area contributed by atoms with Crippen LogP contribution in [0.5, 0.6) is 0 Å². The molecule has 1 aliphatic rings. The van der Waals surface area contributed by atoms with E-state index >= 15 is 0 Å². The Morgan fingerprint density at radius 2 is 2.31 bits per heavy atom. The average molecular weight is 240 g/mol. The molecule has 1 atom stereocenters. The molecule has 1 aliphatic carbocycles. The van der Waals surface area contributed by atoms with Crippen LogP contribution in [0.25, 0.3) is 0 Å². The van der Waals surface area contributed by atoms with Crippen molar-refractivity contribution in [2.45, 2.75) is 56.0 Å². The molecule has 3 nitrogen and oxygen atoms in total. The fraction of sp³-hybridized carbons (Fsp3) is 0.750. The number of rotatable bonds is 5. The van der Waals surface area contributed by atoms with E-state index in [1.807, 2.05) is 6.92 Å². The molecule has 2 rings (SSSR count). The zero-order chi connectivity index (χ0) is 11.4. The van der Waals surface area contributed by atoms with Gasteiger partial charge >= 0.3 is 0 Å². The van der Waals surface area contributed by atoms with Crippen LogP contribution in [-0.2, 0) is 0 Å². The van der Waals surface area contributed by atoms with Gasteiger partial charge in [0.15, 0.2) is 0 Å². The highest BCUT2D eigenvalue weighted by Gasteiger charge is 2.16. The van der Waals surface area contributed by atoms with Crippen molar-refractivity contribution in [2.24, 2.45) is 0 Å². The molecule has 1 N–H and O–H groups in total. The third-order valence-corrected chi connectivity index (χ3v) is 3.91. The maximum Gasteiger partial charge on any atom is 0.256 e. The number of hydrogen-bond acceptors (Lipinski definition) is 4. The number of aryl methyl sites for hydroxylation is 1. The van der Waals surface area contributed by atoms with Gasteiger partial charge in [0.1, 0.15) is 6.26 Å². The summed E-state index contributed by atoms with van der Waals surface area (Å²) in [5.41, 5.74) is 0.957. The van der Waals surface area contributed by atoms with Crippen LogP contribution in [0, 0.1) is 6.92 Å². The van der Waals surface area contributed by atoms with Gasteiger partial charge in [-0.3, -0.25) is 0 Å². The summed E-state index contributed by atoms with van der Waals surface area (Å²) < 4.78 is 5.33. The van der Waals surface area contributed by atoms with Gasteiger partial charge in [-0.05, 0) is 19.8 Å². The molecule has 0 amide bonds.